The van der Waals surface area contributed by atoms with Crippen LogP contribution < -0.4 is 5.32 Å². The van der Waals surface area contributed by atoms with Crippen molar-refractivity contribution in [2.45, 2.75) is 39.3 Å². The minimum absolute atomic E-state index is 0.0228. The van der Waals surface area contributed by atoms with Crippen LogP contribution in [-0.4, -0.2) is 19.7 Å². The van der Waals surface area contributed by atoms with Gasteiger partial charge in [0.15, 0.2) is 5.65 Å². The summed E-state index contributed by atoms with van der Waals surface area (Å²) in [5.74, 6) is 0.674. The Bertz CT molecular complexity index is 834. The molecule has 0 atom stereocenters. The number of nitrogens with one attached hydrogen (secondary N) is 1. The summed E-state index contributed by atoms with van der Waals surface area (Å²) in [6.45, 7) is 6.65. The summed E-state index contributed by atoms with van der Waals surface area (Å²) in [5.41, 5.74) is 1.50. The van der Waals surface area contributed by atoms with E-state index in [2.05, 4.69) is 41.2 Å². The number of hydrogen-bond donors (Lipinski definition) is 1. The number of hydrogen-bond acceptors (Lipinski definition) is 4. The van der Waals surface area contributed by atoms with Gasteiger partial charge in [-0.15, -0.1) is 0 Å². The molecule has 126 valence electrons. The van der Waals surface area contributed by atoms with Crippen LogP contribution in [0.2, 0.25) is 0 Å². The maximum absolute atomic E-state index is 12.6. The Labute approximate surface area is 138 Å². The smallest absolute Gasteiger partial charge is 0.263 e. The normalized spacial score (nSPS) is 12.1. The van der Waals surface area contributed by atoms with Crippen LogP contribution in [0.5, 0.6) is 0 Å². The number of fused-ring (bicyclic) bond motifs is 1. The Morgan fingerprint density at radius 1 is 1.12 bits per heavy atom. The van der Waals surface area contributed by atoms with E-state index in [1.54, 1.807) is 18.3 Å². The number of nitrogens with zero attached hydrogens (tertiary/aromatic N) is 4. The van der Waals surface area contributed by atoms with Crippen LogP contribution in [0.3, 0.4) is 0 Å². The minimum Gasteiger partial charge on any atom is -0.365 e. The topological polar surface area (TPSA) is 55.6 Å². The van der Waals surface area contributed by atoms with Gasteiger partial charge in [-0.25, -0.2) is 23.4 Å². The van der Waals surface area contributed by atoms with E-state index < -0.39 is 6.43 Å². The Morgan fingerprint density at radius 3 is 2.46 bits per heavy atom. The fourth-order valence-electron chi connectivity index (χ4n) is 2.44. The van der Waals surface area contributed by atoms with E-state index in [1.807, 2.05) is 4.68 Å². The van der Waals surface area contributed by atoms with Crippen LogP contribution in [0.15, 0.2) is 36.8 Å². The third-order valence-corrected chi connectivity index (χ3v) is 3.69. The molecule has 0 fully saturated rings. The van der Waals surface area contributed by atoms with Gasteiger partial charge >= 0.3 is 0 Å². The third-order valence-electron chi connectivity index (χ3n) is 3.69. The van der Waals surface area contributed by atoms with Gasteiger partial charge in [0.25, 0.3) is 6.43 Å². The molecule has 0 aliphatic rings. The fourth-order valence-corrected chi connectivity index (χ4v) is 2.44. The van der Waals surface area contributed by atoms with Gasteiger partial charge in [0.1, 0.15) is 12.1 Å². The molecule has 3 rings (SSSR count). The van der Waals surface area contributed by atoms with Gasteiger partial charge in [0.2, 0.25) is 0 Å². The van der Waals surface area contributed by atoms with Crippen molar-refractivity contribution in [1.29, 1.82) is 0 Å². The highest BCUT2D eigenvalue weighted by molar-refractivity contribution is 5.86. The summed E-state index contributed by atoms with van der Waals surface area (Å²) in [6.07, 6.45) is 0.786. The van der Waals surface area contributed by atoms with Crippen molar-refractivity contribution in [2.24, 2.45) is 0 Å². The summed E-state index contributed by atoms with van der Waals surface area (Å²) in [7, 11) is 0. The molecule has 1 aromatic carbocycles. The first kappa shape index (κ1) is 16.3. The van der Waals surface area contributed by atoms with Gasteiger partial charge in [0, 0.05) is 12.1 Å². The Kier molecular flexibility index (Phi) is 4.17. The molecule has 0 aliphatic heterocycles. The van der Waals surface area contributed by atoms with E-state index in [0.29, 0.717) is 12.4 Å². The highest BCUT2D eigenvalue weighted by Crippen LogP contribution is 2.24. The highest BCUT2D eigenvalue weighted by Gasteiger charge is 2.19. The van der Waals surface area contributed by atoms with Crippen LogP contribution in [0.4, 0.5) is 14.6 Å². The Morgan fingerprint density at radius 2 is 1.83 bits per heavy atom. The molecule has 0 spiro atoms. The molecule has 0 radical (unpaired) electrons. The monoisotopic (exact) mass is 331 g/mol. The van der Waals surface area contributed by atoms with Gasteiger partial charge < -0.3 is 5.32 Å². The Balaban J connectivity index is 1.82. The molecule has 2 aromatic heterocycles. The van der Waals surface area contributed by atoms with Crippen molar-refractivity contribution in [3.8, 4) is 0 Å². The van der Waals surface area contributed by atoms with Gasteiger partial charge in [-0.05, 0) is 26.3 Å². The molecule has 0 saturated heterocycles. The van der Waals surface area contributed by atoms with Crippen molar-refractivity contribution < 1.29 is 8.78 Å². The first-order valence-corrected chi connectivity index (χ1v) is 7.66. The first-order valence-electron chi connectivity index (χ1n) is 7.66. The molecular weight excluding hydrogens is 312 g/mol. The van der Waals surface area contributed by atoms with Crippen LogP contribution in [-0.2, 0) is 12.1 Å². The van der Waals surface area contributed by atoms with Crippen molar-refractivity contribution in [3.63, 3.8) is 0 Å². The van der Waals surface area contributed by atoms with Crippen LogP contribution in [0.1, 0.15) is 38.3 Å². The largest absolute Gasteiger partial charge is 0.365 e. The molecule has 0 saturated carbocycles. The molecule has 0 unspecified atom stereocenters. The highest BCUT2D eigenvalue weighted by atomic mass is 19.3. The minimum atomic E-state index is -2.45. The summed E-state index contributed by atoms with van der Waals surface area (Å²) in [6, 6.07) is 6.25. The second-order valence-corrected chi connectivity index (χ2v) is 6.58. The van der Waals surface area contributed by atoms with Crippen molar-refractivity contribution in [1.82, 2.24) is 19.7 Å². The maximum atomic E-state index is 12.6. The number of halogens is 2. The van der Waals surface area contributed by atoms with E-state index in [9.17, 15) is 8.78 Å². The summed E-state index contributed by atoms with van der Waals surface area (Å²) in [4.78, 5) is 8.59. The van der Waals surface area contributed by atoms with Gasteiger partial charge in [-0.1, -0.05) is 24.3 Å². The molecular formula is C17H19F2N5. The van der Waals surface area contributed by atoms with Gasteiger partial charge in [-0.2, -0.15) is 5.10 Å². The second-order valence-electron chi connectivity index (χ2n) is 6.58. The van der Waals surface area contributed by atoms with Crippen LogP contribution in [0.25, 0.3) is 11.0 Å². The zero-order valence-corrected chi connectivity index (χ0v) is 13.8. The molecule has 0 bridgehead atoms. The number of aromatic nitrogens is 4. The van der Waals surface area contributed by atoms with Gasteiger partial charge in [-0.3, -0.25) is 0 Å². The van der Waals surface area contributed by atoms with Crippen LogP contribution in [0, 0.1) is 0 Å². The average molecular weight is 331 g/mol. The summed E-state index contributed by atoms with van der Waals surface area (Å²) >= 11 is 0. The first-order chi connectivity index (χ1) is 11.4. The molecule has 24 heavy (non-hydrogen) atoms. The lowest BCUT2D eigenvalue weighted by Crippen LogP contribution is -2.23. The molecule has 0 amide bonds. The average Bonchev–Trinajstić information content (AvgIpc) is 2.98. The molecule has 7 heteroatoms. The quantitative estimate of drug-likeness (QED) is 0.781. The summed E-state index contributed by atoms with van der Waals surface area (Å²) < 4.78 is 27.0. The lowest BCUT2D eigenvalue weighted by molar-refractivity contribution is 0.151. The molecule has 3 aromatic rings. The van der Waals surface area contributed by atoms with Crippen molar-refractivity contribution >= 4 is 16.9 Å². The Hall–Kier alpha value is -2.57. The number of alkyl halides is 2. The molecule has 0 aliphatic carbocycles. The van der Waals surface area contributed by atoms with Crippen molar-refractivity contribution in [3.05, 3.63) is 47.9 Å². The lowest BCUT2D eigenvalue weighted by atomic mass is 10.1. The standard InChI is InChI=1S/C17H19F2N5/c1-17(2,3)24-16-13(9-23-24)15(21-10-22-16)20-8-11-4-6-12(7-5-11)14(18)19/h4-7,9-10,14H,8H2,1-3H3,(H,20,21,22). The van der Waals surface area contributed by atoms with Crippen LogP contribution >= 0.6 is 0 Å². The fraction of sp³-hybridized carbons (Fsp3) is 0.353. The zero-order chi connectivity index (χ0) is 17.3. The number of benzene rings is 1. The number of anilines is 1. The van der Waals surface area contributed by atoms with E-state index in [-0.39, 0.29) is 11.1 Å². The third kappa shape index (κ3) is 3.20. The second kappa shape index (κ2) is 6.14. The van der Waals surface area contributed by atoms with E-state index in [4.69, 9.17) is 0 Å². The van der Waals surface area contributed by atoms with Gasteiger partial charge in [0.05, 0.1) is 17.1 Å². The van der Waals surface area contributed by atoms with E-state index in [1.165, 1.54) is 18.5 Å². The molecule has 1 N–H and O–H groups in total. The van der Waals surface area contributed by atoms with Crippen molar-refractivity contribution in [2.75, 3.05) is 5.32 Å². The molecule has 5 nitrogen and oxygen atoms in total. The molecule has 2 heterocycles. The van der Waals surface area contributed by atoms with E-state index >= 15 is 0 Å². The SMILES string of the molecule is CC(C)(C)n1ncc2c(NCc3ccc(C(F)F)cc3)ncnc21. The zero-order valence-electron chi connectivity index (χ0n) is 13.8. The predicted molar refractivity (Wildman–Crippen MR) is 89.0 cm³/mol. The number of rotatable bonds is 4. The van der Waals surface area contributed by atoms with E-state index in [0.717, 1.165) is 16.6 Å². The maximum Gasteiger partial charge on any atom is 0.263 e. The summed E-state index contributed by atoms with van der Waals surface area (Å²) in [5, 5.41) is 8.46. The lowest BCUT2D eigenvalue weighted by Gasteiger charge is -2.19. The predicted octanol–water partition coefficient (Wildman–Crippen LogP) is 4.13.